The summed E-state index contributed by atoms with van der Waals surface area (Å²) in [6.07, 6.45) is 11.1. The molecule has 9 heteroatoms. The van der Waals surface area contributed by atoms with E-state index in [9.17, 15) is 0 Å². The first-order valence-corrected chi connectivity index (χ1v) is 9.91. The van der Waals surface area contributed by atoms with Gasteiger partial charge in [0.25, 0.3) is 0 Å². The second-order valence-corrected chi connectivity index (χ2v) is 8.37. The highest BCUT2D eigenvalue weighted by Gasteiger charge is 2.34. The molecule has 3 aromatic rings. The largest absolute Gasteiger partial charge is 0.353 e. The predicted molar refractivity (Wildman–Crippen MR) is 114 cm³/mol. The van der Waals surface area contributed by atoms with Crippen LogP contribution in [0.3, 0.4) is 0 Å². The number of aromatic nitrogens is 5. The number of hydrogen-bond acceptors (Lipinski definition) is 7. The normalized spacial score (nSPS) is 21.0. The number of hydrogen-bond donors (Lipinski definition) is 1. The Hall–Kier alpha value is -2.84. The first-order valence-electron chi connectivity index (χ1n) is 9.53. The number of nitrogens with zero attached hydrogens (tertiary/aromatic N) is 7. The third-order valence-electron chi connectivity index (χ3n) is 5.19. The van der Waals surface area contributed by atoms with E-state index in [1.54, 1.807) is 24.8 Å². The minimum atomic E-state index is -0.0617. The molecule has 1 unspecified atom stereocenters. The Morgan fingerprint density at radius 2 is 2.10 bits per heavy atom. The van der Waals surface area contributed by atoms with E-state index in [-0.39, 0.29) is 11.6 Å². The van der Waals surface area contributed by atoms with E-state index in [4.69, 9.17) is 16.6 Å². The van der Waals surface area contributed by atoms with Crippen molar-refractivity contribution in [2.24, 2.45) is 4.99 Å². The number of anilines is 1. The van der Waals surface area contributed by atoms with E-state index in [0.29, 0.717) is 16.6 Å². The van der Waals surface area contributed by atoms with Gasteiger partial charge >= 0.3 is 0 Å². The molecule has 0 bridgehead atoms. The Balaban J connectivity index is 1.50. The highest BCUT2D eigenvalue weighted by atomic mass is 35.5. The molecular weight excluding hydrogens is 388 g/mol. The number of nitrogens with one attached hydrogen (secondary N) is 1. The van der Waals surface area contributed by atoms with Crippen molar-refractivity contribution in [2.45, 2.75) is 25.4 Å². The molecular formula is C20H21ClN8. The van der Waals surface area contributed by atoms with Gasteiger partial charge in [-0.15, -0.1) is 0 Å². The van der Waals surface area contributed by atoms with Gasteiger partial charge in [-0.1, -0.05) is 17.7 Å². The Bertz CT molecular complexity index is 1130. The lowest BCUT2D eigenvalue weighted by molar-refractivity contribution is 0.313. The van der Waals surface area contributed by atoms with Crippen LogP contribution < -0.4 is 10.2 Å². The van der Waals surface area contributed by atoms with Crippen LogP contribution in [0.25, 0.3) is 17.2 Å². The maximum atomic E-state index is 6.07. The van der Waals surface area contributed by atoms with E-state index in [1.165, 1.54) is 5.57 Å². The summed E-state index contributed by atoms with van der Waals surface area (Å²) in [7, 11) is 0. The van der Waals surface area contributed by atoms with Crippen LogP contribution in [0.2, 0.25) is 5.15 Å². The second-order valence-electron chi connectivity index (χ2n) is 7.98. The highest BCUT2D eigenvalue weighted by molar-refractivity contribution is 6.29. The fraction of sp³-hybridized carbons (Fsp3) is 0.350. The molecule has 0 aromatic carbocycles. The molecule has 1 N–H and O–H groups in total. The number of halogens is 1. The molecule has 5 heterocycles. The molecule has 0 spiro atoms. The zero-order valence-electron chi connectivity index (χ0n) is 16.2. The summed E-state index contributed by atoms with van der Waals surface area (Å²) in [5, 5.41) is 4.12. The Morgan fingerprint density at radius 1 is 1.21 bits per heavy atom. The molecule has 148 valence electrons. The molecule has 1 fully saturated rings. The molecule has 2 aliphatic heterocycles. The molecule has 5 rings (SSSR count). The van der Waals surface area contributed by atoms with Crippen LogP contribution in [0.5, 0.6) is 0 Å². The summed E-state index contributed by atoms with van der Waals surface area (Å²) < 4.78 is 1.86. The monoisotopic (exact) mass is 408 g/mol. The predicted octanol–water partition coefficient (Wildman–Crippen LogP) is 2.41. The van der Waals surface area contributed by atoms with Gasteiger partial charge in [0, 0.05) is 37.2 Å². The van der Waals surface area contributed by atoms with Gasteiger partial charge in [0.1, 0.15) is 16.7 Å². The van der Waals surface area contributed by atoms with Gasteiger partial charge in [-0.25, -0.2) is 19.9 Å². The Labute approximate surface area is 173 Å². The van der Waals surface area contributed by atoms with Crippen LogP contribution in [-0.4, -0.2) is 61.8 Å². The third-order valence-corrected chi connectivity index (χ3v) is 5.38. The smallest absolute Gasteiger partial charge is 0.180 e. The fourth-order valence-corrected chi connectivity index (χ4v) is 4.12. The molecule has 8 nitrogen and oxygen atoms in total. The summed E-state index contributed by atoms with van der Waals surface area (Å²) in [4.78, 5) is 24.4. The van der Waals surface area contributed by atoms with Crippen LogP contribution >= 0.6 is 11.6 Å². The molecule has 2 aliphatic rings. The third kappa shape index (κ3) is 3.49. The average molecular weight is 409 g/mol. The van der Waals surface area contributed by atoms with Gasteiger partial charge in [-0.3, -0.25) is 9.39 Å². The standard InChI is InChI=1S/C20H21ClN8/c1-20(2)12-28(10-14(27-20)13-3-5-22-7-13)17-4-6-23-19(26-17)15-8-25-18-9-24-16(21)11-29(15)18/h3-4,6-9,11,14,27H,5,10,12H2,1-2H3. The lowest BCUT2D eigenvalue weighted by Gasteiger charge is -2.44. The molecule has 0 saturated carbocycles. The van der Waals surface area contributed by atoms with Crippen molar-refractivity contribution in [1.29, 1.82) is 0 Å². The zero-order valence-corrected chi connectivity index (χ0v) is 17.0. The van der Waals surface area contributed by atoms with Crippen molar-refractivity contribution in [3.05, 3.63) is 47.7 Å². The number of aliphatic imine (C=N–C) groups is 1. The van der Waals surface area contributed by atoms with Gasteiger partial charge in [0.2, 0.25) is 0 Å². The first-order chi connectivity index (χ1) is 14.0. The number of rotatable bonds is 3. The van der Waals surface area contributed by atoms with Crippen LogP contribution in [0.1, 0.15) is 13.8 Å². The van der Waals surface area contributed by atoms with Gasteiger partial charge in [0.15, 0.2) is 11.5 Å². The first kappa shape index (κ1) is 18.2. The van der Waals surface area contributed by atoms with Crippen LogP contribution in [0, 0.1) is 0 Å². The van der Waals surface area contributed by atoms with E-state index >= 15 is 0 Å². The number of imidazole rings is 1. The minimum Gasteiger partial charge on any atom is -0.353 e. The van der Waals surface area contributed by atoms with Crippen LogP contribution in [0.15, 0.2) is 47.5 Å². The van der Waals surface area contributed by atoms with Crippen LogP contribution in [-0.2, 0) is 0 Å². The van der Waals surface area contributed by atoms with Crippen molar-refractivity contribution in [1.82, 2.24) is 29.7 Å². The fourth-order valence-electron chi connectivity index (χ4n) is 3.97. The Kier molecular flexibility index (Phi) is 4.33. The maximum Gasteiger partial charge on any atom is 0.180 e. The minimum absolute atomic E-state index is 0.0617. The SMILES string of the molecule is CC1(C)CN(c2ccnc(-c3cnc4cnc(Cl)cn34)n2)CC(C2=CCN=C2)N1. The van der Waals surface area contributed by atoms with E-state index < -0.39 is 0 Å². The molecule has 1 saturated heterocycles. The van der Waals surface area contributed by atoms with Crippen molar-refractivity contribution in [3.63, 3.8) is 0 Å². The van der Waals surface area contributed by atoms with E-state index in [0.717, 1.165) is 31.1 Å². The lowest BCUT2D eigenvalue weighted by Crippen LogP contribution is -2.62. The van der Waals surface area contributed by atoms with Crippen molar-refractivity contribution >= 4 is 29.3 Å². The highest BCUT2D eigenvalue weighted by Crippen LogP contribution is 2.25. The van der Waals surface area contributed by atoms with E-state index in [2.05, 4.69) is 50.1 Å². The van der Waals surface area contributed by atoms with Crippen molar-refractivity contribution in [3.8, 4) is 11.5 Å². The van der Waals surface area contributed by atoms with Gasteiger partial charge in [0.05, 0.1) is 25.0 Å². The summed E-state index contributed by atoms with van der Waals surface area (Å²) in [6.45, 7) is 6.84. The quantitative estimate of drug-likeness (QED) is 0.716. The van der Waals surface area contributed by atoms with Crippen molar-refractivity contribution < 1.29 is 0 Å². The second kappa shape index (κ2) is 6.89. The lowest BCUT2D eigenvalue weighted by atomic mass is 9.95. The Morgan fingerprint density at radius 3 is 2.93 bits per heavy atom. The topological polar surface area (TPSA) is 83.6 Å². The summed E-state index contributed by atoms with van der Waals surface area (Å²) in [5.74, 6) is 1.49. The average Bonchev–Trinajstić information content (AvgIpc) is 3.37. The molecule has 0 radical (unpaired) electrons. The summed E-state index contributed by atoms with van der Waals surface area (Å²) >= 11 is 6.07. The molecule has 0 aliphatic carbocycles. The van der Waals surface area contributed by atoms with E-state index in [1.807, 2.05) is 16.7 Å². The summed E-state index contributed by atoms with van der Waals surface area (Å²) in [6, 6.07) is 2.17. The zero-order chi connectivity index (χ0) is 20.0. The molecule has 1 atom stereocenters. The maximum absolute atomic E-state index is 6.07. The van der Waals surface area contributed by atoms with Gasteiger partial charge in [-0.05, 0) is 25.5 Å². The van der Waals surface area contributed by atoms with Gasteiger partial charge in [-0.2, -0.15) is 0 Å². The number of fused-ring (bicyclic) bond motifs is 1. The van der Waals surface area contributed by atoms with Crippen LogP contribution in [0.4, 0.5) is 5.82 Å². The molecule has 0 amide bonds. The van der Waals surface area contributed by atoms with Gasteiger partial charge < -0.3 is 10.2 Å². The summed E-state index contributed by atoms with van der Waals surface area (Å²) in [5.41, 5.74) is 2.66. The number of piperazine rings is 1. The molecule has 3 aromatic heterocycles. The van der Waals surface area contributed by atoms with Crippen molar-refractivity contribution in [2.75, 3.05) is 24.5 Å². The molecule has 29 heavy (non-hydrogen) atoms.